The summed E-state index contributed by atoms with van der Waals surface area (Å²) >= 11 is 1.40. The van der Waals surface area contributed by atoms with Crippen molar-refractivity contribution in [1.82, 2.24) is 20.4 Å². The number of benzene rings is 1. The van der Waals surface area contributed by atoms with Crippen molar-refractivity contribution < 1.29 is 18.5 Å². The number of thiazole rings is 1. The van der Waals surface area contributed by atoms with E-state index < -0.39 is 0 Å². The number of nitrogens with zero attached hydrogens (tertiary/aromatic N) is 3. The van der Waals surface area contributed by atoms with Crippen LogP contribution in [0.4, 0.5) is 9.52 Å². The average molecular weight is 429 g/mol. The van der Waals surface area contributed by atoms with E-state index in [4.69, 9.17) is 4.52 Å². The Morgan fingerprint density at radius 1 is 1.30 bits per heavy atom. The molecule has 1 aliphatic rings. The Labute approximate surface area is 176 Å². The summed E-state index contributed by atoms with van der Waals surface area (Å²) in [7, 11) is 0. The van der Waals surface area contributed by atoms with Crippen LogP contribution in [0.5, 0.6) is 0 Å². The molecule has 2 aromatic heterocycles. The van der Waals surface area contributed by atoms with E-state index in [0.717, 1.165) is 16.1 Å². The van der Waals surface area contributed by atoms with Gasteiger partial charge in [0.05, 0.1) is 12.2 Å². The van der Waals surface area contributed by atoms with Gasteiger partial charge < -0.3 is 9.84 Å². The first-order valence-electron chi connectivity index (χ1n) is 9.43. The zero-order chi connectivity index (χ0) is 21.1. The van der Waals surface area contributed by atoms with E-state index in [9.17, 15) is 14.0 Å². The normalized spacial score (nSPS) is 13.7. The van der Waals surface area contributed by atoms with Gasteiger partial charge in [0.2, 0.25) is 5.91 Å². The monoisotopic (exact) mass is 429 g/mol. The van der Waals surface area contributed by atoms with Crippen LogP contribution < -0.4 is 10.6 Å². The Morgan fingerprint density at radius 2 is 2.10 bits per heavy atom. The number of anilines is 1. The highest BCUT2D eigenvalue weighted by atomic mass is 32.1. The van der Waals surface area contributed by atoms with Gasteiger partial charge in [-0.2, -0.15) is 0 Å². The fourth-order valence-corrected chi connectivity index (χ4v) is 4.18. The average Bonchev–Trinajstić information content (AvgIpc) is 3.33. The number of hydrogen-bond acceptors (Lipinski definition) is 7. The van der Waals surface area contributed by atoms with Gasteiger partial charge in [-0.1, -0.05) is 17.3 Å². The first-order chi connectivity index (χ1) is 14.5. The van der Waals surface area contributed by atoms with E-state index in [1.807, 2.05) is 4.90 Å². The maximum absolute atomic E-state index is 12.9. The minimum Gasteiger partial charge on any atom is -0.361 e. The molecule has 1 aliphatic heterocycles. The van der Waals surface area contributed by atoms with Crippen molar-refractivity contribution in [3.8, 4) is 0 Å². The molecule has 0 unspecified atom stereocenters. The lowest BCUT2D eigenvalue weighted by atomic mass is 10.2. The maximum atomic E-state index is 12.9. The SMILES string of the molecule is Cc1cc(C(=O)Nc2nc3c(s2)CN(CC(=O)NCc2ccc(F)cc2)CC3)no1. The molecule has 2 amide bonds. The van der Waals surface area contributed by atoms with E-state index in [2.05, 4.69) is 20.8 Å². The van der Waals surface area contributed by atoms with Gasteiger partial charge in [-0.05, 0) is 24.6 Å². The molecule has 0 spiro atoms. The van der Waals surface area contributed by atoms with Crippen LogP contribution in [-0.2, 0) is 24.3 Å². The summed E-state index contributed by atoms with van der Waals surface area (Å²) in [4.78, 5) is 32.0. The number of halogens is 1. The summed E-state index contributed by atoms with van der Waals surface area (Å²) in [5.74, 6) is -0.199. The number of nitrogens with one attached hydrogen (secondary N) is 2. The predicted octanol–water partition coefficient (Wildman–Crippen LogP) is 2.51. The van der Waals surface area contributed by atoms with E-state index in [1.165, 1.54) is 23.5 Å². The first kappa shape index (κ1) is 20.2. The molecule has 0 saturated heterocycles. The lowest BCUT2D eigenvalue weighted by Gasteiger charge is -2.25. The molecule has 30 heavy (non-hydrogen) atoms. The minimum atomic E-state index is -0.366. The van der Waals surface area contributed by atoms with Gasteiger partial charge >= 0.3 is 0 Å². The Bertz CT molecular complexity index is 1060. The van der Waals surface area contributed by atoms with Crippen LogP contribution in [0.1, 0.15) is 32.4 Å². The van der Waals surface area contributed by atoms with Crippen LogP contribution in [0.25, 0.3) is 0 Å². The van der Waals surface area contributed by atoms with Crippen LogP contribution in [0.2, 0.25) is 0 Å². The molecule has 3 heterocycles. The molecule has 0 fully saturated rings. The molecular formula is C20H20FN5O3S. The molecule has 10 heteroatoms. The van der Waals surface area contributed by atoms with Crippen molar-refractivity contribution in [1.29, 1.82) is 0 Å². The quantitative estimate of drug-likeness (QED) is 0.625. The molecule has 1 aromatic carbocycles. The third-order valence-electron chi connectivity index (χ3n) is 4.66. The second-order valence-electron chi connectivity index (χ2n) is 7.03. The molecule has 0 atom stereocenters. The third-order valence-corrected chi connectivity index (χ3v) is 5.66. The Kier molecular flexibility index (Phi) is 5.86. The van der Waals surface area contributed by atoms with Crippen molar-refractivity contribution >= 4 is 28.3 Å². The van der Waals surface area contributed by atoms with Gasteiger partial charge in [0.15, 0.2) is 10.8 Å². The van der Waals surface area contributed by atoms with Gasteiger partial charge in [0.1, 0.15) is 11.6 Å². The molecule has 0 bridgehead atoms. The molecule has 156 valence electrons. The van der Waals surface area contributed by atoms with Gasteiger partial charge in [-0.15, -0.1) is 11.3 Å². The fourth-order valence-electron chi connectivity index (χ4n) is 3.13. The maximum Gasteiger partial charge on any atom is 0.279 e. The van der Waals surface area contributed by atoms with Crippen molar-refractivity contribution in [2.75, 3.05) is 18.4 Å². The van der Waals surface area contributed by atoms with E-state index in [0.29, 0.717) is 36.9 Å². The highest BCUT2D eigenvalue weighted by molar-refractivity contribution is 7.15. The summed E-state index contributed by atoms with van der Waals surface area (Å²) in [5.41, 5.74) is 1.99. The summed E-state index contributed by atoms with van der Waals surface area (Å²) < 4.78 is 17.9. The van der Waals surface area contributed by atoms with Crippen LogP contribution in [0, 0.1) is 12.7 Å². The van der Waals surface area contributed by atoms with Crippen LogP contribution in [0.3, 0.4) is 0 Å². The largest absolute Gasteiger partial charge is 0.361 e. The van der Waals surface area contributed by atoms with Crippen molar-refractivity contribution in [2.24, 2.45) is 0 Å². The van der Waals surface area contributed by atoms with Crippen LogP contribution in [-0.4, -0.2) is 39.9 Å². The molecule has 2 N–H and O–H groups in total. The summed E-state index contributed by atoms with van der Waals surface area (Å²) in [6, 6.07) is 7.61. The number of amides is 2. The van der Waals surface area contributed by atoms with Crippen LogP contribution >= 0.6 is 11.3 Å². The lowest BCUT2D eigenvalue weighted by molar-refractivity contribution is -0.122. The zero-order valence-corrected chi connectivity index (χ0v) is 17.1. The number of carbonyl (C=O) groups is 2. The highest BCUT2D eigenvalue weighted by Gasteiger charge is 2.23. The van der Waals surface area contributed by atoms with Gasteiger partial charge in [-0.3, -0.25) is 19.8 Å². The smallest absolute Gasteiger partial charge is 0.279 e. The number of fused-ring (bicyclic) bond motifs is 1. The summed E-state index contributed by atoms with van der Waals surface area (Å²) in [5, 5.41) is 9.81. The Hall–Kier alpha value is -3.11. The molecule has 0 saturated carbocycles. The van der Waals surface area contributed by atoms with Crippen molar-refractivity contribution in [2.45, 2.75) is 26.4 Å². The third kappa shape index (κ3) is 4.89. The van der Waals surface area contributed by atoms with E-state index in [1.54, 1.807) is 25.1 Å². The number of rotatable bonds is 6. The topological polar surface area (TPSA) is 100 Å². The first-order valence-corrected chi connectivity index (χ1v) is 10.2. The number of aromatic nitrogens is 2. The predicted molar refractivity (Wildman–Crippen MR) is 109 cm³/mol. The summed E-state index contributed by atoms with van der Waals surface area (Å²) in [6.45, 7) is 3.64. The van der Waals surface area contributed by atoms with Crippen molar-refractivity contribution in [3.05, 3.63) is 63.7 Å². The second kappa shape index (κ2) is 8.72. The lowest BCUT2D eigenvalue weighted by Crippen LogP contribution is -2.39. The summed E-state index contributed by atoms with van der Waals surface area (Å²) in [6.07, 6.45) is 0.704. The number of aryl methyl sites for hydroxylation is 1. The highest BCUT2D eigenvalue weighted by Crippen LogP contribution is 2.28. The molecule has 8 nitrogen and oxygen atoms in total. The minimum absolute atomic E-state index is 0.0952. The van der Waals surface area contributed by atoms with E-state index in [-0.39, 0.29) is 29.9 Å². The molecule has 3 aromatic rings. The van der Waals surface area contributed by atoms with Crippen LogP contribution in [0.15, 0.2) is 34.9 Å². The van der Waals surface area contributed by atoms with Gasteiger partial charge in [0.25, 0.3) is 5.91 Å². The van der Waals surface area contributed by atoms with Crippen molar-refractivity contribution in [3.63, 3.8) is 0 Å². The zero-order valence-electron chi connectivity index (χ0n) is 16.3. The standard InChI is InChI=1S/C20H20FN5O3S/c1-12-8-16(25-29-12)19(28)24-20-23-15-6-7-26(10-17(15)30-20)11-18(27)22-9-13-2-4-14(21)5-3-13/h2-5,8H,6-7,9-11H2,1H3,(H,22,27)(H,23,24,28). The molecule has 4 rings (SSSR count). The van der Waals surface area contributed by atoms with E-state index >= 15 is 0 Å². The fraction of sp³-hybridized carbons (Fsp3) is 0.300. The molecular weight excluding hydrogens is 409 g/mol. The molecule has 0 aliphatic carbocycles. The number of carbonyl (C=O) groups excluding carboxylic acids is 2. The second-order valence-corrected chi connectivity index (χ2v) is 8.11. The van der Waals surface area contributed by atoms with Gasteiger partial charge in [0, 0.05) is 37.0 Å². The Balaban J connectivity index is 1.29. The number of hydrogen-bond donors (Lipinski definition) is 2. The Morgan fingerprint density at radius 3 is 2.83 bits per heavy atom. The van der Waals surface area contributed by atoms with Gasteiger partial charge in [-0.25, -0.2) is 9.37 Å². The molecule has 0 radical (unpaired) electrons.